The predicted molar refractivity (Wildman–Crippen MR) is 72.8 cm³/mol. The molecule has 0 aliphatic carbocycles. The second-order valence-corrected chi connectivity index (χ2v) is 4.90. The molecule has 1 atom stereocenters. The zero-order valence-electron chi connectivity index (χ0n) is 11.6. The van der Waals surface area contributed by atoms with Crippen LogP contribution in [0.5, 0.6) is 0 Å². The fraction of sp³-hybridized carbons (Fsp3) is 0.692. The van der Waals surface area contributed by atoms with Crippen molar-refractivity contribution < 1.29 is 9.53 Å². The molecule has 106 valence electrons. The van der Waals surface area contributed by atoms with E-state index >= 15 is 0 Å². The van der Waals surface area contributed by atoms with Crippen molar-refractivity contribution in [1.29, 1.82) is 0 Å². The van der Waals surface area contributed by atoms with Crippen LogP contribution in [0.1, 0.15) is 30.8 Å². The van der Waals surface area contributed by atoms with E-state index in [-0.39, 0.29) is 5.69 Å². The Kier molecular flexibility index (Phi) is 4.42. The van der Waals surface area contributed by atoms with Crippen molar-refractivity contribution in [2.75, 3.05) is 32.0 Å². The topological polar surface area (TPSA) is 73.4 Å². The Morgan fingerprint density at radius 3 is 3.00 bits per heavy atom. The lowest BCUT2D eigenvalue weighted by atomic mass is 10.1. The molecule has 0 saturated carbocycles. The normalized spacial score (nSPS) is 19.8. The van der Waals surface area contributed by atoms with Gasteiger partial charge < -0.3 is 19.9 Å². The third kappa shape index (κ3) is 3.07. The number of imidazole rings is 1. The van der Waals surface area contributed by atoms with Gasteiger partial charge in [-0.25, -0.2) is 9.78 Å². The monoisotopic (exact) mass is 266 g/mol. The van der Waals surface area contributed by atoms with Gasteiger partial charge in [-0.05, 0) is 32.4 Å². The Bertz CT molecular complexity index is 444. The van der Waals surface area contributed by atoms with E-state index < -0.39 is 5.97 Å². The maximum Gasteiger partial charge on any atom is 0.360 e. The second-order valence-electron chi connectivity index (χ2n) is 4.90. The van der Waals surface area contributed by atoms with Crippen LogP contribution in [0.15, 0.2) is 6.33 Å². The van der Waals surface area contributed by atoms with Crippen LogP contribution in [0, 0.1) is 5.92 Å². The Morgan fingerprint density at radius 2 is 2.37 bits per heavy atom. The molecular formula is C13H22N4O2. The molecule has 2 rings (SSSR count). The van der Waals surface area contributed by atoms with Crippen LogP contribution in [0.25, 0.3) is 0 Å². The standard InChI is InChI=1S/C13H22N4O2/c1-3-16-6-5-10(7-16)8-17-9-15-11(12(17)14)13(18)19-4-2/h9-10H,3-8,14H2,1-2H3. The summed E-state index contributed by atoms with van der Waals surface area (Å²) in [5.74, 6) is 0.542. The Balaban J connectivity index is 2.00. The van der Waals surface area contributed by atoms with E-state index in [2.05, 4.69) is 16.8 Å². The number of hydrogen-bond donors (Lipinski definition) is 1. The first-order valence-corrected chi connectivity index (χ1v) is 6.85. The molecule has 1 aliphatic rings. The van der Waals surface area contributed by atoms with Gasteiger partial charge in [0.25, 0.3) is 0 Å². The molecule has 0 radical (unpaired) electrons. The van der Waals surface area contributed by atoms with E-state index in [1.807, 2.05) is 4.57 Å². The highest BCUT2D eigenvalue weighted by Gasteiger charge is 2.23. The van der Waals surface area contributed by atoms with Gasteiger partial charge in [0.15, 0.2) is 5.69 Å². The third-order valence-electron chi connectivity index (χ3n) is 3.62. The summed E-state index contributed by atoms with van der Waals surface area (Å²) in [5.41, 5.74) is 6.19. The molecule has 0 spiro atoms. The number of carbonyl (C=O) groups is 1. The van der Waals surface area contributed by atoms with Crippen LogP contribution in [0.4, 0.5) is 5.82 Å². The highest BCUT2D eigenvalue weighted by atomic mass is 16.5. The van der Waals surface area contributed by atoms with Crippen LogP contribution in [-0.4, -0.2) is 46.7 Å². The molecule has 1 aromatic rings. The van der Waals surface area contributed by atoms with Gasteiger partial charge in [0, 0.05) is 13.1 Å². The first-order chi connectivity index (χ1) is 9.15. The summed E-state index contributed by atoms with van der Waals surface area (Å²) < 4.78 is 6.78. The van der Waals surface area contributed by atoms with Gasteiger partial charge >= 0.3 is 5.97 Å². The molecule has 0 aromatic carbocycles. The quantitative estimate of drug-likeness (QED) is 0.804. The van der Waals surface area contributed by atoms with E-state index in [1.165, 1.54) is 6.42 Å². The van der Waals surface area contributed by atoms with Crippen molar-refractivity contribution in [3.8, 4) is 0 Å². The summed E-state index contributed by atoms with van der Waals surface area (Å²) in [7, 11) is 0. The van der Waals surface area contributed by atoms with Crippen molar-refractivity contribution >= 4 is 11.8 Å². The molecule has 6 heteroatoms. The lowest BCUT2D eigenvalue weighted by molar-refractivity contribution is 0.0521. The highest BCUT2D eigenvalue weighted by molar-refractivity contribution is 5.92. The maximum absolute atomic E-state index is 11.6. The molecule has 1 aliphatic heterocycles. The second kappa shape index (κ2) is 6.06. The number of esters is 1. The lowest BCUT2D eigenvalue weighted by Gasteiger charge is -2.14. The smallest absolute Gasteiger partial charge is 0.360 e. The molecule has 1 aromatic heterocycles. The SMILES string of the molecule is CCOC(=O)c1ncn(CC2CCN(CC)C2)c1N. The summed E-state index contributed by atoms with van der Waals surface area (Å²) in [6, 6.07) is 0. The minimum Gasteiger partial charge on any atom is -0.461 e. The largest absolute Gasteiger partial charge is 0.461 e. The third-order valence-corrected chi connectivity index (χ3v) is 3.62. The minimum atomic E-state index is -0.444. The Hall–Kier alpha value is -1.56. The number of hydrogen-bond acceptors (Lipinski definition) is 5. The minimum absolute atomic E-state index is 0.229. The molecule has 19 heavy (non-hydrogen) atoms. The van der Waals surface area contributed by atoms with Gasteiger partial charge in [0.1, 0.15) is 5.82 Å². The number of ether oxygens (including phenoxy) is 1. The first kappa shape index (κ1) is 13.9. The summed E-state index contributed by atoms with van der Waals surface area (Å²) in [6.07, 6.45) is 2.80. The number of likely N-dealkylation sites (tertiary alicyclic amines) is 1. The van der Waals surface area contributed by atoms with Crippen LogP contribution in [0.2, 0.25) is 0 Å². The number of nitrogen functional groups attached to an aromatic ring is 1. The zero-order chi connectivity index (χ0) is 13.8. The lowest BCUT2D eigenvalue weighted by Crippen LogP contribution is -2.21. The van der Waals surface area contributed by atoms with Gasteiger partial charge in [-0.15, -0.1) is 0 Å². The molecule has 0 amide bonds. The van der Waals surface area contributed by atoms with Gasteiger partial charge in [0.2, 0.25) is 0 Å². The van der Waals surface area contributed by atoms with Crippen LogP contribution < -0.4 is 5.73 Å². The average molecular weight is 266 g/mol. The van der Waals surface area contributed by atoms with Crippen molar-refractivity contribution in [2.24, 2.45) is 5.92 Å². The highest BCUT2D eigenvalue weighted by Crippen LogP contribution is 2.20. The average Bonchev–Trinajstić information content (AvgIpc) is 2.98. The van der Waals surface area contributed by atoms with Crippen molar-refractivity contribution in [2.45, 2.75) is 26.8 Å². The van der Waals surface area contributed by atoms with Crippen LogP contribution in [0.3, 0.4) is 0 Å². The summed E-state index contributed by atoms with van der Waals surface area (Å²) in [5, 5.41) is 0. The van der Waals surface area contributed by atoms with Crippen molar-refractivity contribution in [3.63, 3.8) is 0 Å². The summed E-state index contributed by atoms with van der Waals surface area (Å²) in [4.78, 5) is 18.1. The molecule has 1 unspecified atom stereocenters. The number of carbonyl (C=O) groups excluding carboxylic acids is 1. The molecule has 1 fully saturated rings. The van der Waals surface area contributed by atoms with E-state index in [4.69, 9.17) is 10.5 Å². The molecule has 2 heterocycles. The van der Waals surface area contributed by atoms with Gasteiger partial charge in [-0.3, -0.25) is 0 Å². The molecule has 6 nitrogen and oxygen atoms in total. The number of nitrogens with zero attached hydrogens (tertiary/aromatic N) is 3. The number of nitrogens with two attached hydrogens (primary N) is 1. The van der Waals surface area contributed by atoms with Crippen molar-refractivity contribution in [3.05, 3.63) is 12.0 Å². The number of rotatable bonds is 5. The summed E-state index contributed by atoms with van der Waals surface area (Å²) in [6.45, 7) is 8.40. The molecule has 0 bridgehead atoms. The van der Waals surface area contributed by atoms with E-state index in [0.29, 0.717) is 18.3 Å². The van der Waals surface area contributed by atoms with Gasteiger partial charge in [0.05, 0.1) is 12.9 Å². The van der Waals surface area contributed by atoms with Crippen LogP contribution in [-0.2, 0) is 11.3 Å². The van der Waals surface area contributed by atoms with Crippen molar-refractivity contribution in [1.82, 2.24) is 14.5 Å². The fourth-order valence-electron chi connectivity index (χ4n) is 2.52. The molecular weight excluding hydrogens is 244 g/mol. The fourth-order valence-corrected chi connectivity index (χ4v) is 2.52. The van der Waals surface area contributed by atoms with Gasteiger partial charge in [-0.2, -0.15) is 0 Å². The predicted octanol–water partition coefficient (Wildman–Crippen LogP) is 0.984. The number of anilines is 1. The molecule has 2 N–H and O–H groups in total. The first-order valence-electron chi connectivity index (χ1n) is 6.85. The van der Waals surface area contributed by atoms with Gasteiger partial charge in [-0.1, -0.05) is 6.92 Å². The Labute approximate surface area is 113 Å². The molecule has 1 saturated heterocycles. The Morgan fingerprint density at radius 1 is 1.58 bits per heavy atom. The summed E-state index contributed by atoms with van der Waals surface area (Å²) >= 11 is 0. The number of aromatic nitrogens is 2. The van der Waals surface area contributed by atoms with E-state index in [0.717, 1.165) is 26.2 Å². The maximum atomic E-state index is 11.6. The van der Waals surface area contributed by atoms with Crippen LogP contribution >= 0.6 is 0 Å². The van der Waals surface area contributed by atoms with E-state index in [9.17, 15) is 4.79 Å². The van der Waals surface area contributed by atoms with E-state index in [1.54, 1.807) is 13.3 Å². The zero-order valence-corrected chi connectivity index (χ0v) is 11.6.